The number of nitrogens with two attached hydrogens (primary N) is 1. The molecule has 0 saturated carbocycles. The maximum absolute atomic E-state index is 15.4. The van der Waals surface area contributed by atoms with Gasteiger partial charge in [-0.1, -0.05) is 48.5 Å². The van der Waals surface area contributed by atoms with Crippen LogP contribution >= 0.6 is 0 Å². The van der Waals surface area contributed by atoms with Crippen LogP contribution in [0.1, 0.15) is 53.8 Å². The molecular weight excluding hydrogens is 477 g/mol. The lowest BCUT2D eigenvalue weighted by molar-refractivity contribution is 0.0174. The molecule has 6 nitrogen and oxygen atoms in total. The molecule has 1 aliphatic rings. The minimum Gasteiger partial charge on any atom is -0.347 e. The molecule has 2 N–H and O–H groups in total. The first kappa shape index (κ1) is 25.1. The van der Waals surface area contributed by atoms with Crippen molar-refractivity contribution in [3.63, 3.8) is 0 Å². The van der Waals surface area contributed by atoms with Gasteiger partial charge in [-0.2, -0.15) is 0 Å². The van der Waals surface area contributed by atoms with Gasteiger partial charge in [-0.3, -0.25) is 0 Å². The van der Waals surface area contributed by atoms with Crippen LogP contribution in [0.2, 0.25) is 0 Å². The van der Waals surface area contributed by atoms with E-state index >= 15 is 4.39 Å². The summed E-state index contributed by atoms with van der Waals surface area (Å²) in [6, 6.07) is 13.0. The summed E-state index contributed by atoms with van der Waals surface area (Å²) in [5.74, 6) is -3.42. The number of alkyl halides is 2. The largest absolute Gasteiger partial charge is 0.347 e. The number of anilines is 1. The average Bonchev–Trinajstić information content (AvgIpc) is 3.27. The van der Waals surface area contributed by atoms with Crippen LogP contribution < -0.4 is 10.0 Å². The summed E-state index contributed by atoms with van der Waals surface area (Å²) in [6.07, 6.45) is 3.80. The van der Waals surface area contributed by atoms with E-state index in [1.54, 1.807) is 36.4 Å². The fourth-order valence-corrected chi connectivity index (χ4v) is 5.09. The van der Waals surface area contributed by atoms with Crippen LogP contribution in [0.4, 0.5) is 19.0 Å². The first-order valence-corrected chi connectivity index (χ1v) is 13.1. The summed E-state index contributed by atoms with van der Waals surface area (Å²) < 4.78 is 65.1. The van der Waals surface area contributed by atoms with Crippen LogP contribution in [0.25, 0.3) is 0 Å². The Labute approximate surface area is 203 Å². The molecule has 0 spiro atoms. The Morgan fingerprint density at radius 1 is 1.03 bits per heavy atom. The van der Waals surface area contributed by atoms with Gasteiger partial charge < -0.3 is 4.90 Å². The normalized spacial score (nSPS) is 16.6. The maximum Gasteiger partial charge on any atom is 0.270 e. The molecule has 0 radical (unpaired) electrons. The zero-order valence-corrected chi connectivity index (χ0v) is 20.1. The number of benzene rings is 2. The molecule has 1 unspecified atom stereocenters. The zero-order chi connectivity index (χ0) is 25.2. The third-order valence-electron chi connectivity index (χ3n) is 6.21. The lowest BCUT2D eigenvalue weighted by Gasteiger charge is -2.27. The van der Waals surface area contributed by atoms with Gasteiger partial charge in [0.2, 0.25) is 10.0 Å². The van der Waals surface area contributed by atoms with E-state index in [4.69, 9.17) is 5.14 Å². The van der Waals surface area contributed by atoms with E-state index < -0.39 is 21.8 Å². The SMILES string of the molecule is CC(F)(F)c1ccc(C2CCCN2c2ncnc(CCc3ccc(CS(N)(=O)=O)cc3)c2F)cc1. The second-order valence-electron chi connectivity index (χ2n) is 8.94. The molecule has 1 aliphatic heterocycles. The summed E-state index contributed by atoms with van der Waals surface area (Å²) in [6.45, 7) is 1.47. The van der Waals surface area contributed by atoms with Crippen molar-refractivity contribution in [1.29, 1.82) is 0 Å². The number of nitrogens with zero attached hydrogens (tertiary/aromatic N) is 3. The summed E-state index contributed by atoms with van der Waals surface area (Å²) >= 11 is 0. The minimum absolute atomic E-state index is 0.0565. The molecule has 1 aromatic heterocycles. The topological polar surface area (TPSA) is 89.2 Å². The van der Waals surface area contributed by atoms with Crippen LogP contribution in [-0.4, -0.2) is 24.9 Å². The number of primary sulfonamides is 1. The molecule has 1 saturated heterocycles. The molecule has 2 aromatic carbocycles. The second kappa shape index (κ2) is 9.94. The van der Waals surface area contributed by atoms with E-state index in [2.05, 4.69) is 9.97 Å². The number of sulfonamides is 1. The van der Waals surface area contributed by atoms with Gasteiger partial charge in [0.25, 0.3) is 5.92 Å². The first-order valence-electron chi connectivity index (χ1n) is 11.3. The number of halogens is 3. The van der Waals surface area contributed by atoms with E-state index in [-0.39, 0.29) is 28.9 Å². The van der Waals surface area contributed by atoms with Crippen molar-refractivity contribution in [2.45, 2.75) is 50.3 Å². The Bertz CT molecular complexity index is 1280. The predicted molar refractivity (Wildman–Crippen MR) is 128 cm³/mol. The smallest absolute Gasteiger partial charge is 0.270 e. The number of aromatic nitrogens is 2. The van der Waals surface area contributed by atoms with Gasteiger partial charge in [-0.05, 0) is 42.4 Å². The van der Waals surface area contributed by atoms with Gasteiger partial charge in [0.05, 0.1) is 17.5 Å². The van der Waals surface area contributed by atoms with Crippen molar-refractivity contribution >= 4 is 15.8 Å². The fourth-order valence-electron chi connectivity index (χ4n) is 4.43. The summed E-state index contributed by atoms with van der Waals surface area (Å²) in [5, 5.41) is 5.08. The molecule has 10 heteroatoms. The number of rotatable bonds is 8. The van der Waals surface area contributed by atoms with E-state index in [1.807, 2.05) is 4.90 Å². The van der Waals surface area contributed by atoms with Crippen LogP contribution in [0.3, 0.4) is 0 Å². The third kappa shape index (κ3) is 6.18. The van der Waals surface area contributed by atoms with Crippen LogP contribution in [-0.2, 0) is 34.5 Å². The molecule has 186 valence electrons. The van der Waals surface area contributed by atoms with Gasteiger partial charge in [-0.25, -0.2) is 36.7 Å². The molecule has 0 bridgehead atoms. The van der Waals surface area contributed by atoms with E-state index in [9.17, 15) is 17.2 Å². The zero-order valence-electron chi connectivity index (χ0n) is 19.3. The van der Waals surface area contributed by atoms with Crippen molar-refractivity contribution in [2.24, 2.45) is 5.14 Å². The minimum atomic E-state index is -3.60. The quantitative estimate of drug-likeness (QED) is 0.483. The van der Waals surface area contributed by atoms with Gasteiger partial charge in [-0.15, -0.1) is 0 Å². The van der Waals surface area contributed by atoms with Crippen LogP contribution in [0.15, 0.2) is 54.9 Å². The Morgan fingerprint density at radius 3 is 2.31 bits per heavy atom. The van der Waals surface area contributed by atoms with E-state index in [1.165, 1.54) is 18.5 Å². The van der Waals surface area contributed by atoms with E-state index in [0.717, 1.165) is 30.9 Å². The predicted octanol–water partition coefficient (Wildman–Crippen LogP) is 4.64. The number of hydrogen-bond donors (Lipinski definition) is 1. The van der Waals surface area contributed by atoms with Crippen molar-refractivity contribution in [2.75, 3.05) is 11.4 Å². The van der Waals surface area contributed by atoms with Crippen molar-refractivity contribution < 1.29 is 21.6 Å². The molecule has 0 aliphatic carbocycles. The number of aryl methyl sites for hydroxylation is 2. The van der Waals surface area contributed by atoms with Gasteiger partial charge >= 0.3 is 0 Å². The van der Waals surface area contributed by atoms with Gasteiger partial charge in [0.1, 0.15) is 6.33 Å². The van der Waals surface area contributed by atoms with Crippen LogP contribution in [0, 0.1) is 5.82 Å². The average molecular weight is 505 g/mol. The molecule has 35 heavy (non-hydrogen) atoms. The maximum atomic E-state index is 15.4. The summed E-state index contributed by atoms with van der Waals surface area (Å²) in [5.41, 5.74) is 2.57. The third-order valence-corrected chi connectivity index (χ3v) is 6.95. The molecule has 1 fully saturated rings. The lowest BCUT2D eigenvalue weighted by Crippen LogP contribution is -2.25. The highest BCUT2D eigenvalue weighted by molar-refractivity contribution is 7.88. The monoisotopic (exact) mass is 504 g/mol. The molecule has 0 amide bonds. The Morgan fingerprint density at radius 2 is 1.69 bits per heavy atom. The van der Waals surface area contributed by atoms with E-state index in [0.29, 0.717) is 24.9 Å². The summed E-state index contributed by atoms with van der Waals surface area (Å²) in [4.78, 5) is 10.2. The molecule has 3 aromatic rings. The van der Waals surface area contributed by atoms with Crippen molar-refractivity contribution in [3.8, 4) is 0 Å². The van der Waals surface area contributed by atoms with Crippen molar-refractivity contribution in [3.05, 3.63) is 88.6 Å². The standard InChI is InChI=1S/C25H27F3N4O2S/c1-25(27,28)20-11-9-19(10-12-20)22-3-2-14-32(22)24-23(26)21(30-16-31-24)13-8-17-4-6-18(7-5-17)15-35(29,33)34/h4-7,9-12,16,22H,2-3,8,13-15H2,1H3,(H2,29,33,34). The van der Waals surface area contributed by atoms with Crippen LogP contribution in [0.5, 0.6) is 0 Å². The highest BCUT2D eigenvalue weighted by Crippen LogP contribution is 2.37. The summed E-state index contributed by atoms with van der Waals surface area (Å²) in [7, 11) is -3.60. The Balaban J connectivity index is 1.48. The van der Waals surface area contributed by atoms with Gasteiger partial charge in [0, 0.05) is 19.0 Å². The molecule has 1 atom stereocenters. The highest BCUT2D eigenvalue weighted by atomic mass is 32.2. The second-order valence-corrected chi connectivity index (χ2v) is 10.6. The number of hydrogen-bond acceptors (Lipinski definition) is 5. The Kier molecular flexibility index (Phi) is 7.14. The fraction of sp³-hybridized carbons (Fsp3) is 0.360. The molecule has 2 heterocycles. The molecular formula is C25H27F3N4O2S. The first-order chi connectivity index (χ1) is 16.5. The van der Waals surface area contributed by atoms with Crippen molar-refractivity contribution in [1.82, 2.24) is 9.97 Å². The lowest BCUT2D eigenvalue weighted by atomic mass is 10.0. The molecule has 4 rings (SSSR count). The van der Waals surface area contributed by atoms with Gasteiger partial charge in [0.15, 0.2) is 11.6 Å². The Hall–Kier alpha value is -2.98. The highest BCUT2D eigenvalue weighted by Gasteiger charge is 2.31.